The van der Waals surface area contributed by atoms with Gasteiger partial charge in [0.1, 0.15) is 4.83 Å². The third-order valence-corrected chi connectivity index (χ3v) is 6.69. The van der Waals surface area contributed by atoms with Gasteiger partial charge in [-0.05, 0) is 57.8 Å². The molecule has 1 atom stereocenters. The highest BCUT2D eigenvalue weighted by atomic mass is 79.9. The molecule has 4 heterocycles. The van der Waals surface area contributed by atoms with Crippen molar-refractivity contribution in [2.75, 3.05) is 13.2 Å². The number of hydrogen-bond donors (Lipinski definition) is 0. The predicted octanol–water partition coefficient (Wildman–Crippen LogP) is 6.03. The zero-order valence-corrected chi connectivity index (χ0v) is 16.7. The summed E-state index contributed by atoms with van der Waals surface area (Å²) in [6.07, 6.45) is 4.08. The van der Waals surface area contributed by atoms with Crippen molar-refractivity contribution in [3.63, 3.8) is 0 Å². The molecule has 132 valence electrons. The SMILES string of the molecule is Brc1cnc2c3ccsc3n(C(c3ccccc3)C3CCOCC3)c2c1. The number of fused-ring (bicyclic) bond motifs is 3. The summed E-state index contributed by atoms with van der Waals surface area (Å²) in [4.78, 5) is 6.05. The molecule has 0 saturated carbocycles. The van der Waals surface area contributed by atoms with Crippen LogP contribution in [0, 0.1) is 5.92 Å². The van der Waals surface area contributed by atoms with Crippen molar-refractivity contribution < 1.29 is 4.74 Å². The molecule has 1 fully saturated rings. The van der Waals surface area contributed by atoms with Gasteiger partial charge in [0, 0.05) is 29.3 Å². The van der Waals surface area contributed by atoms with Crippen molar-refractivity contribution in [2.45, 2.75) is 18.9 Å². The van der Waals surface area contributed by atoms with Gasteiger partial charge in [0.15, 0.2) is 0 Å². The van der Waals surface area contributed by atoms with E-state index in [1.54, 1.807) is 0 Å². The monoisotopic (exact) mass is 426 g/mol. The molecule has 26 heavy (non-hydrogen) atoms. The number of hydrogen-bond acceptors (Lipinski definition) is 3. The lowest BCUT2D eigenvalue weighted by Crippen LogP contribution is -2.26. The summed E-state index contributed by atoms with van der Waals surface area (Å²) in [5.74, 6) is 0.561. The van der Waals surface area contributed by atoms with E-state index in [2.05, 4.69) is 68.3 Å². The fourth-order valence-electron chi connectivity index (χ4n) is 4.19. The zero-order chi connectivity index (χ0) is 17.5. The topological polar surface area (TPSA) is 27.1 Å². The lowest BCUT2D eigenvalue weighted by Gasteiger charge is -2.32. The molecule has 5 rings (SSSR count). The highest BCUT2D eigenvalue weighted by molar-refractivity contribution is 9.10. The van der Waals surface area contributed by atoms with Gasteiger partial charge in [0.05, 0.1) is 17.1 Å². The standard InChI is InChI=1S/C21H19BrN2OS/c22-16-12-18-19(23-13-16)17-8-11-26-21(17)24(18)20(14-4-2-1-3-5-14)15-6-9-25-10-7-15/h1-5,8,11-13,15,20H,6-7,9-10H2. The average Bonchev–Trinajstić information content (AvgIpc) is 3.26. The first-order valence-electron chi connectivity index (χ1n) is 8.98. The number of ether oxygens (including phenoxy) is 1. The first kappa shape index (κ1) is 16.5. The van der Waals surface area contributed by atoms with E-state index < -0.39 is 0 Å². The molecule has 0 N–H and O–H groups in total. The molecule has 5 heteroatoms. The second-order valence-corrected chi connectivity index (χ2v) is 8.65. The van der Waals surface area contributed by atoms with Crippen LogP contribution in [0.25, 0.3) is 21.3 Å². The maximum absolute atomic E-state index is 5.66. The quantitative estimate of drug-likeness (QED) is 0.399. The van der Waals surface area contributed by atoms with Crippen molar-refractivity contribution in [3.05, 3.63) is 64.1 Å². The van der Waals surface area contributed by atoms with E-state index in [1.165, 1.54) is 21.3 Å². The summed E-state index contributed by atoms with van der Waals surface area (Å²) in [5, 5.41) is 3.43. The summed E-state index contributed by atoms with van der Waals surface area (Å²) < 4.78 is 9.21. The third kappa shape index (κ3) is 2.70. The largest absolute Gasteiger partial charge is 0.381 e. The lowest BCUT2D eigenvalue weighted by atomic mass is 9.87. The maximum Gasteiger partial charge on any atom is 0.106 e. The molecule has 1 unspecified atom stereocenters. The minimum Gasteiger partial charge on any atom is -0.381 e. The van der Waals surface area contributed by atoms with Crippen LogP contribution in [0.1, 0.15) is 24.4 Å². The molecular formula is C21H19BrN2OS. The molecule has 0 aliphatic carbocycles. The summed E-state index contributed by atoms with van der Waals surface area (Å²) in [6, 6.07) is 15.6. The first-order valence-corrected chi connectivity index (χ1v) is 10.7. The fraction of sp³-hybridized carbons (Fsp3) is 0.286. The third-order valence-electron chi connectivity index (χ3n) is 5.34. The van der Waals surface area contributed by atoms with Gasteiger partial charge < -0.3 is 9.30 Å². The highest BCUT2D eigenvalue weighted by Gasteiger charge is 2.30. The van der Waals surface area contributed by atoms with E-state index in [0.29, 0.717) is 12.0 Å². The Morgan fingerprint density at radius 3 is 2.77 bits per heavy atom. The fourth-order valence-corrected chi connectivity index (χ4v) is 5.46. The molecule has 1 aromatic carbocycles. The van der Waals surface area contributed by atoms with Crippen molar-refractivity contribution in [1.82, 2.24) is 9.55 Å². The minimum absolute atomic E-state index is 0.301. The molecule has 1 aliphatic rings. The molecule has 0 radical (unpaired) electrons. The molecule has 0 spiro atoms. The molecule has 0 bridgehead atoms. The van der Waals surface area contributed by atoms with E-state index in [-0.39, 0.29) is 0 Å². The summed E-state index contributed by atoms with van der Waals surface area (Å²) >= 11 is 5.43. The van der Waals surface area contributed by atoms with Crippen LogP contribution in [0.15, 0.2) is 58.5 Å². The molecule has 3 aromatic heterocycles. The van der Waals surface area contributed by atoms with E-state index in [4.69, 9.17) is 9.72 Å². The maximum atomic E-state index is 5.66. The Hall–Kier alpha value is -1.69. The smallest absolute Gasteiger partial charge is 0.106 e. The summed E-state index contributed by atoms with van der Waals surface area (Å²) in [7, 11) is 0. The molecule has 1 aliphatic heterocycles. The Morgan fingerprint density at radius 2 is 1.96 bits per heavy atom. The number of nitrogens with zero attached hydrogens (tertiary/aromatic N) is 2. The molecule has 0 amide bonds. The van der Waals surface area contributed by atoms with Crippen LogP contribution in [0.5, 0.6) is 0 Å². The van der Waals surface area contributed by atoms with Crippen LogP contribution in [0.3, 0.4) is 0 Å². The second-order valence-electron chi connectivity index (χ2n) is 6.84. The molecule has 4 aromatic rings. The summed E-state index contributed by atoms with van der Waals surface area (Å²) in [5.41, 5.74) is 3.67. The van der Waals surface area contributed by atoms with E-state index in [1.807, 2.05) is 17.5 Å². The van der Waals surface area contributed by atoms with Crippen molar-refractivity contribution in [3.8, 4) is 0 Å². The Labute approximate surface area is 164 Å². The molecule has 1 saturated heterocycles. The van der Waals surface area contributed by atoms with E-state index >= 15 is 0 Å². The van der Waals surface area contributed by atoms with Gasteiger partial charge in [-0.3, -0.25) is 4.98 Å². The average molecular weight is 427 g/mol. The molecular weight excluding hydrogens is 408 g/mol. The second kappa shape index (κ2) is 6.80. The summed E-state index contributed by atoms with van der Waals surface area (Å²) in [6.45, 7) is 1.70. The van der Waals surface area contributed by atoms with Crippen LogP contribution in [-0.2, 0) is 4.74 Å². The van der Waals surface area contributed by atoms with Gasteiger partial charge in [0.2, 0.25) is 0 Å². The Bertz CT molecular complexity index is 1050. The van der Waals surface area contributed by atoms with Crippen LogP contribution in [0.4, 0.5) is 0 Å². The first-order chi connectivity index (χ1) is 12.8. The predicted molar refractivity (Wildman–Crippen MR) is 111 cm³/mol. The normalized spacial score (nSPS) is 17.1. The number of aromatic nitrogens is 2. The van der Waals surface area contributed by atoms with Gasteiger partial charge in [0.25, 0.3) is 0 Å². The zero-order valence-electron chi connectivity index (χ0n) is 14.3. The minimum atomic E-state index is 0.301. The molecule has 3 nitrogen and oxygen atoms in total. The Morgan fingerprint density at radius 1 is 1.15 bits per heavy atom. The number of pyridine rings is 1. The lowest BCUT2D eigenvalue weighted by molar-refractivity contribution is 0.0553. The number of rotatable bonds is 3. The Balaban J connectivity index is 1.80. The number of halogens is 1. The van der Waals surface area contributed by atoms with Crippen molar-refractivity contribution in [2.24, 2.45) is 5.92 Å². The van der Waals surface area contributed by atoms with Crippen LogP contribution >= 0.6 is 27.3 Å². The van der Waals surface area contributed by atoms with Gasteiger partial charge in [-0.25, -0.2) is 0 Å². The van der Waals surface area contributed by atoms with Gasteiger partial charge in [-0.2, -0.15) is 0 Å². The van der Waals surface area contributed by atoms with E-state index in [0.717, 1.165) is 36.0 Å². The van der Waals surface area contributed by atoms with Crippen molar-refractivity contribution in [1.29, 1.82) is 0 Å². The van der Waals surface area contributed by atoms with Gasteiger partial charge in [-0.15, -0.1) is 11.3 Å². The number of thiophene rings is 1. The van der Waals surface area contributed by atoms with Crippen LogP contribution in [0.2, 0.25) is 0 Å². The van der Waals surface area contributed by atoms with Gasteiger partial charge >= 0.3 is 0 Å². The number of benzene rings is 1. The Kier molecular flexibility index (Phi) is 4.31. The van der Waals surface area contributed by atoms with Crippen LogP contribution < -0.4 is 0 Å². The van der Waals surface area contributed by atoms with E-state index in [9.17, 15) is 0 Å². The van der Waals surface area contributed by atoms with Crippen molar-refractivity contribution >= 4 is 48.5 Å². The van der Waals surface area contributed by atoms with Crippen LogP contribution in [-0.4, -0.2) is 22.8 Å². The van der Waals surface area contributed by atoms with Gasteiger partial charge in [-0.1, -0.05) is 30.3 Å². The highest BCUT2D eigenvalue weighted by Crippen LogP contribution is 2.42.